The lowest BCUT2D eigenvalue weighted by molar-refractivity contribution is -0.385. The Balaban J connectivity index is 0.00000264. The monoisotopic (exact) mass is 381 g/mol. The number of nitro benzene ring substituents is 1. The molecule has 1 atom stereocenters. The van der Waals surface area contributed by atoms with Crippen LogP contribution in [0.1, 0.15) is 24.9 Å². The maximum absolute atomic E-state index is 13.9. The topological polar surface area (TPSA) is 78.6 Å². The third-order valence-corrected chi connectivity index (χ3v) is 3.78. The van der Waals surface area contributed by atoms with Crippen LogP contribution in [0.4, 0.5) is 10.1 Å². The molecule has 0 bridgehead atoms. The fraction of sp³-hybridized carbons (Fsp3) is 0.467. The average molecular weight is 382 g/mol. The van der Waals surface area contributed by atoms with Crippen LogP contribution < -0.4 is 5.32 Å². The summed E-state index contributed by atoms with van der Waals surface area (Å²) in [5.74, 6) is -1.48. The van der Waals surface area contributed by atoms with E-state index in [0.29, 0.717) is 6.42 Å². The predicted molar refractivity (Wildman–Crippen MR) is 95.8 cm³/mol. The molecule has 6 nitrogen and oxygen atoms in total. The molecular weight excluding hydrogens is 360 g/mol. The molecule has 136 valence electrons. The molecule has 0 radical (unpaired) electrons. The summed E-state index contributed by atoms with van der Waals surface area (Å²) in [6, 6.07) is 1.68. The molecule has 1 aromatic carbocycles. The second kappa shape index (κ2) is 9.78. The minimum atomic E-state index is -0.967. The first kappa shape index (κ1) is 22.6. The van der Waals surface area contributed by atoms with Crippen molar-refractivity contribution >= 4 is 30.5 Å². The average Bonchev–Trinajstić information content (AvgIpc) is 2.48. The number of hydrogen-bond donors (Lipinski definition) is 2. The first-order chi connectivity index (χ1) is 10.4. The molecule has 2 rings (SSSR count). The highest BCUT2D eigenvalue weighted by Gasteiger charge is 2.28. The third-order valence-electron chi connectivity index (χ3n) is 3.78. The Hall–Kier alpha value is -1.41. The maximum Gasteiger partial charge on any atom is 0.272 e. The molecule has 0 aliphatic carbocycles. The number of non-ortho nitro benzene ring substituents is 1. The van der Waals surface area contributed by atoms with Crippen molar-refractivity contribution in [3.8, 4) is 5.75 Å². The molecule has 1 saturated heterocycles. The van der Waals surface area contributed by atoms with Gasteiger partial charge < -0.3 is 10.4 Å². The van der Waals surface area contributed by atoms with Crippen molar-refractivity contribution in [1.82, 2.24) is 10.2 Å². The molecule has 1 heterocycles. The van der Waals surface area contributed by atoms with Crippen LogP contribution in [0, 0.1) is 15.9 Å². The Bertz CT molecular complexity index is 596. The van der Waals surface area contributed by atoms with Crippen LogP contribution >= 0.6 is 24.8 Å². The summed E-state index contributed by atoms with van der Waals surface area (Å²) < 4.78 is 13.9. The van der Waals surface area contributed by atoms with Gasteiger partial charge in [0, 0.05) is 43.9 Å². The molecule has 0 spiro atoms. The van der Waals surface area contributed by atoms with E-state index < -0.39 is 16.5 Å². The molecule has 1 aliphatic rings. The highest BCUT2D eigenvalue weighted by Crippen LogP contribution is 2.37. The number of aromatic hydroxyl groups is 1. The Labute approximate surface area is 152 Å². The second-order valence-corrected chi connectivity index (χ2v) is 5.59. The molecule has 2 N–H and O–H groups in total. The number of hydrogen-bond acceptors (Lipinski definition) is 5. The largest absolute Gasteiger partial charge is 0.505 e. The van der Waals surface area contributed by atoms with Gasteiger partial charge in [0.2, 0.25) is 0 Å². The number of phenolic OH excluding ortho intramolecular Hbond substituents is 1. The lowest BCUT2D eigenvalue weighted by atomic mass is 9.96. The molecule has 0 saturated carbocycles. The van der Waals surface area contributed by atoms with Crippen molar-refractivity contribution in [3.63, 3.8) is 0 Å². The van der Waals surface area contributed by atoms with Gasteiger partial charge in [-0.1, -0.05) is 5.57 Å². The van der Waals surface area contributed by atoms with Crippen molar-refractivity contribution in [2.24, 2.45) is 0 Å². The molecule has 0 amide bonds. The normalized spacial score (nSPS) is 15.8. The van der Waals surface area contributed by atoms with E-state index >= 15 is 0 Å². The Kier molecular flexibility index (Phi) is 9.21. The highest BCUT2D eigenvalue weighted by molar-refractivity contribution is 5.85. The van der Waals surface area contributed by atoms with Gasteiger partial charge >= 0.3 is 0 Å². The van der Waals surface area contributed by atoms with E-state index in [-0.39, 0.29) is 42.1 Å². The van der Waals surface area contributed by atoms with E-state index in [2.05, 4.69) is 16.8 Å². The summed E-state index contributed by atoms with van der Waals surface area (Å²) in [6.07, 6.45) is 0.508. The van der Waals surface area contributed by atoms with E-state index in [1.54, 1.807) is 0 Å². The van der Waals surface area contributed by atoms with Crippen LogP contribution in [0.15, 0.2) is 24.3 Å². The number of nitrogens with zero attached hydrogens (tertiary/aromatic N) is 2. The predicted octanol–water partition coefficient (Wildman–Crippen LogP) is 3.20. The summed E-state index contributed by atoms with van der Waals surface area (Å²) in [5.41, 5.74) is 0.763. The van der Waals surface area contributed by atoms with E-state index in [0.717, 1.165) is 37.8 Å². The van der Waals surface area contributed by atoms with Crippen LogP contribution in [0.25, 0.3) is 0 Å². The van der Waals surface area contributed by atoms with Crippen LogP contribution in [0.2, 0.25) is 0 Å². The quantitative estimate of drug-likeness (QED) is 0.465. The second-order valence-electron chi connectivity index (χ2n) is 5.59. The van der Waals surface area contributed by atoms with Crippen molar-refractivity contribution in [2.75, 3.05) is 26.2 Å². The molecule has 1 aromatic rings. The Morgan fingerprint density at radius 2 is 2.04 bits per heavy atom. The minimum absolute atomic E-state index is 0. The van der Waals surface area contributed by atoms with Gasteiger partial charge in [0.15, 0.2) is 11.6 Å². The highest BCUT2D eigenvalue weighted by atomic mass is 35.5. The zero-order valence-electron chi connectivity index (χ0n) is 13.3. The smallest absolute Gasteiger partial charge is 0.272 e. The van der Waals surface area contributed by atoms with Crippen LogP contribution in [0.3, 0.4) is 0 Å². The molecule has 1 fully saturated rings. The lowest BCUT2D eigenvalue weighted by Crippen LogP contribution is -2.45. The van der Waals surface area contributed by atoms with Crippen molar-refractivity contribution in [2.45, 2.75) is 19.4 Å². The van der Waals surface area contributed by atoms with Gasteiger partial charge in [-0.25, -0.2) is 4.39 Å². The van der Waals surface area contributed by atoms with E-state index in [4.69, 9.17) is 0 Å². The number of nitro groups is 1. The number of benzene rings is 1. The number of piperazine rings is 1. The number of rotatable bonds is 5. The van der Waals surface area contributed by atoms with E-state index in [9.17, 15) is 19.6 Å². The third kappa shape index (κ3) is 5.31. The summed E-state index contributed by atoms with van der Waals surface area (Å²) in [6.45, 7) is 8.73. The van der Waals surface area contributed by atoms with Crippen LogP contribution in [-0.4, -0.2) is 41.1 Å². The van der Waals surface area contributed by atoms with Gasteiger partial charge in [-0.15, -0.1) is 31.4 Å². The van der Waals surface area contributed by atoms with Gasteiger partial charge in [0.05, 0.1) is 11.0 Å². The summed E-state index contributed by atoms with van der Waals surface area (Å²) in [4.78, 5) is 12.4. The molecule has 24 heavy (non-hydrogen) atoms. The zero-order chi connectivity index (χ0) is 16.3. The Morgan fingerprint density at radius 3 is 2.54 bits per heavy atom. The van der Waals surface area contributed by atoms with Gasteiger partial charge in [-0.3, -0.25) is 15.0 Å². The fourth-order valence-corrected chi connectivity index (χ4v) is 2.72. The Morgan fingerprint density at radius 1 is 1.46 bits per heavy atom. The van der Waals surface area contributed by atoms with E-state index in [1.807, 2.05) is 6.92 Å². The van der Waals surface area contributed by atoms with Gasteiger partial charge in [0.1, 0.15) is 0 Å². The molecular formula is C15H22Cl2FN3O3. The molecule has 0 unspecified atom stereocenters. The van der Waals surface area contributed by atoms with Crippen molar-refractivity contribution < 1.29 is 14.4 Å². The number of nitrogens with one attached hydrogen (secondary N) is 1. The standard InChI is InChI=1S/C15H20FN3O3.2ClH/c1-10(2)7-14(18-5-3-17-4-6-18)12-8-11(19(21)22)9-13(16)15(12)20;;/h8-9,14,17,20H,1,3-7H2,2H3;2*1H/t14-;;/m0../s1. The van der Waals surface area contributed by atoms with Crippen molar-refractivity contribution in [1.29, 1.82) is 0 Å². The molecule has 0 aromatic heterocycles. The van der Waals surface area contributed by atoms with Gasteiger partial charge in [-0.2, -0.15) is 0 Å². The fourth-order valence-electron chi connectivity index (χ4n) is 2.72. The van der Waals surface area contributed by atoms with Gasteiger partial charge in [0.25, 0.3) is 5.69 Å². The van der Waals surface area contributed by atoms with Crippen LogP contribution in [0.5, 0.6) is 5.75 Å². The number of phenols is 1. The molecule has 1 aliphatic heterocycles. The van der Waals surface area contributed by atoms with Crippen LogP contribution in [-0.2, 0) is 0 Å². The molecule has 9 heteroatoms. The first-order valence-corrected chi connectivity index (χ1v) is 7.16. The minimum Gasteiger partial charge on any atom is -0.505 e. The zero-order valence-corrected chi connectivity index (χ0v) is 15.0. The van der Waals surface area contributed by atoms with Crippen molar-refractivity contribution in [3.05, 3.63) is 45.8 Å². The summed E-state index contributed by atoms with van der Waals surface area (Å²) >= 11 is 0. The maximum atomic E-state index is 13.9. The lowest BCUT2D eigenvalue weighted by Gasteiger charge is -2.35. The first-order valence-electron chi connectivity index (χ1n) is 7.16. The van der Waals surface area contributed by atoms with Gasteiger partial charge in [-0.05, 0) is 13.3 Å². The SMILES string of the molecule is C=C(C)C[C@@H](c1cc([N+](=O)[O-])cc(F)c1O)N1CCNCC1.Cl.Cl. The summed E-state index contributed by atoms with van der Waals surface area (Å²) in [5, 5.41) is 24.2. The van der Waals surface area contributed by atoms with E-state index in [1.165, 1.54) is 6.07 Å². The summed E-state index contributed by atoms with van der Waals surface area (Å²) in [7, 11) is 0. The number of halogens is 3.